The molecule has 0 unspecified atom stereocenters. The highest BCUT2D eigenvalue weighted by atomic mass is 79.9. The summed E-state index contributed by atoms with van der Waals surface area (Å²) in [5, 5.41) is 11.2. The van der Waals surface area contributed by atoms with Crippen LogP contribution in [0.15, 0.2) is 32.9 Å². The molecule has 0 radical (unpaired) electrons. The van der Waals surface area contributed by atoms with Crippen LogP contribution >= 0.6 is 27.7 Å². The first kappa shape index (κ1) is 18.0. The Labute approximate surface area is 149 Å². The van der Waals surface area contributed by atoms with Crippen LogP contribution in [0.5, 0.6) is 5.75 Å². The first-order valence-electron chi connectivity index (χ1n) is 7.65. The van der Waals surface area contributed by atoms with Crippen molar-refractivity contribution in [1.29, 1.82) is 0 Å². The van der Waals surface area contributed by atoms with Gasteiger partial charge in [0.1, 0.15) is 5.75 Å². The molecule has 0 aliphatic carbocycles. The SMILES string of the molecule is CCCCCCOc1ccc(Br)cc1C=NN=C1NC(=O)CS1. The molecule has 1 aliphatic heterocycles. The molecule has 2 rings (SSSR count). The molecular weight excluding hydrogens is 378 g/mol. The highest BCUT2D eigenvalue weighted by Gasteiger charge is 2.15. The minimum absolute atomic E-state index is 0.0393. The van der Waals surface area contributed by atoms with Crippen molar-refractivity contribution in [3.63, 3.8) is 0 Å². The minimum atomic E-state index is -0.0393. The summed E-state index contributed by atoms with van der Waals surface area (Å²) in [6.45, 7) is 2.89. The van der Waals surface area contributed by atoms with E-state index in [9.17, 15) is 4.79 Å². The average Bonchev–Trinajstić information content (AvgIpc) is 2.94. The maximum Gasteiger partial charge on any atom is 0.236 e. The van der Waals surface area contributed by atoms with Crippen LogP contribution in [0, 0.1) is 0 Å². The van der Waals surface area contributed by atoms with Crippen molar-refractivity contribution in [2.75, 3.05) is 12.4 Å². The van der Waals surface area contributed by atoms with Crippen molar-refractivity contribution in [2.45, 2.75) is 32.6 Å². The van der Waals surface area contributed by atoms with Crippen molar-refractivity contribution in [1.82, 2.24) is 5.32 Å². The molecule has 1 aliphatic rings. The van der Waals surface area contributed by atoms with Crippen LogP contribution in [0.2, 0.25) is 0 Å². The predicted octanol–water partition coefficient (Wildman–Crippen LogP) is 3.96. The molecule has 0 aromatic heterocycles. The quantitative estimate of drug-likeness (QED) is 0.410. The topological polar surface area (TPSA) is 63.1 Å². The van der Waals surface area contributed by atoms with E-state index in [2.05, 4.69) is 38.4 Å². The number of carbonyl (C=O) groups excluding carboxylic acids is 1. The number of rotatable bonds is 8. The highest BCUT2D eigenvalue weighted by Crippen LogP contribution is 2.22. The molecule has 0 spiro atoms. The Hall–Kier alpha value is -1.34. The Morgan fingerprint density at radius 3 is 3.00 bits per heavy atom. The van der Waals surface area contributed by atoms with Crippen LogP contribution in [0.4, 0.5) is 0 Å². The van der Waals surface area contributed by atoms with Crippen molar-refractivity contribution in [3.05, 3.63) is 28.2 Å². The average molecular weight is 398 g/mol. The third-order valence-electron chi connectivity index (χ3n) is 3.16. The van der Waals surface area contributed by atoms with Crippen molar-refractivity contribution >= 4 is 45.0 Å². The zero-order valence-corrected chi connectivity index (χ0v) is 15.5. The van der Waals surface area contributed by atoms with Gasteiger partial charge in [0.2, 0.25) is 5.91 Å². The number of hydrogen-bond acceptors (Lipinski definition) is 5. The first-order chi connectivity index (χ1) is 11.2. The van der Waals surface area contributed by atoms with Gasteiger partial charge in [-0.15, -0.1) is 5.10 Å². The monoisotopic (exact) mass is 397 g/mol. The number of nitrogens with one attached hydrogen (secondary N) is 1. The molecule has 1 aromatic carbocycles. The van der Waals surface area contributed by atoms with Gasteiger partial charge in [-0.25, -0.2) is 0 Å². The summed E-state index contributed by atoms with van der Waals surface area (Å²) in [7, 11) is 0. The van der Waals surface area contributed by atoms with E-state index < -0.39 is 0 Å². The largest absolute Gasteiger partial charge is 0.493 e. The lowest BCUT2D eigenvalue weighted by Crippen LogP contribution is -2.19. The molecule has 5 nitrogen and oxygen atoms in total. The number of amidine groups is 1. The van der Waals surface area contributed by atoms with Gasteiger partial charge in [0, 0.05) is 10.0 Å². The number of nitrogens with zero attached hydrogens (tertiary/aromatic N) is 2. The van der Waals surface area contributed by atoms with Gasteiger partial charge >= 0.3 is 0 Å². The van der Waals surface area contributed by atoms with Gasteiger partial charge in [0.15, 0.2) is 5.17 Å². The van der Waals surface area contributed by atoms with Crippen molar-refractivity contribution in [2.24, 2.45) is 10.2 Å². The Morgan fingerprint density at radius 1 is 1.39 bits per heavy atom. The van der Waals surface area contributed by atoms with Gasteiger partial charge in [-0.1, -0.05) is 53.9 Å². The summed E-state index contributed by atoms with van der Waals surface area (Å²) in [5.74, 6) is 1.15. The molecule has 1 N–H and O–H groups in total. The van der Waals surface area contributed by atoms with Crippen molar-refractivity contribution in [3.8, 4) is 5.75 Å². The predicted molar refractivity (Wildman–Crippen MR) is 99.4 cm³/mol. The van der Waals surface area contributed by atoms with E-state index in [1.165, 1.54) is 31.0 Å². The molecule has 0 saturated carbocycles. The molecule has 1 amide bonds. The number of halogens is 1. The number of ether oxygens (including phenoxy) is 1. The highest BCUT2D eigenvalue weighted by molar-refractivity contribution is 9.10. The van der Waals surface area contributed by atoms with Gasteiger partial charge in [0.05, 0.1) is 18.6 Å². The van der Waals surface area contributed by atoms with E-state index in [0.717, 1.165) is 22.2 Å². The van der Waals surface area contributed by atoms with Gasteiger partial charge in [-0.05, 0) is 24.6 Å². The van der Waals surface area contributed by atoms with Gasteiger partial charge in [-0.2, -0.15) is 5.10 Å². The van der Waals surface area contributed by atoms with E-state index in [4.69, 9.17) is 4.74 Å². The standard InChI is InChI=1S/C16H20BrN3O2S/c1-2-3-4-5-8-22-14-7-6-13(17)9-12(14)10-18-20-16-19-15(21)11-23-16/h6-7,9-10H,2-5,8,11H2,1H3,(H,19,20,21). The van der Waals surface area contributed by atoms with Crippen LogP contribution in [0.1, 0.15) is 38.2 Å². The van der Waals surface area contributed by atoms with E-state index in [-0.39, 0.29) is 5.91 Å². The maximum absolute atomic E-state index is 11.1. The molecule has 1 heterocycles. The molecule has 0 bridgehead atoms. The number of unbranched alkanes of at least 4 members (excludes halogenated alkanes) is 3. The minimum Gasteiger partial charge on any atom is -0.493 e. The smallest absolute Gasteiger partial charge is 0.236 e. The second-order valence-electron chi connectivity index (χ2n) is 5.08. The van der Waals surface area contributed by atoms with Crippen LogP contribution < -0.4 is 10.1 Å². The third-order valence-corrected chi connectivity index (χ3v) is 4.52. The van der Waals surface area contributed by atoms with Crippen LogP contribution in [0.25, 0.3) is 0 Å². The molecule has 0 atom stereocenters. The third kappa shape index (κ3) is 6.35. The fourth-order valence-corrected chi connectivity index (χ4v) is 2.99. The number of thioether (sulfide) groups is 1. The fraction of sp³-hybridized carbons (Fsp3) is 0.438. The van der Waals surface area contributed by atoms with Crippen molar-refractivity contribution < 1.29 is 9.53 Å². The van der Waals surface area contributed by atoms with E-state index in [1.54, 1.807) is 6.21 Å². The normalized spacial score (nSPS) is 16.3. The summed E-state index contributed by atoms with van der Waals surface area (Å²) in [6.07, 6.45) is 6.32. The fourth-order valence-electron chi connectivity index (χ4n) is 1.99. The van der Waals surface area contributed by atoms with Crippen LogP contribution in [0.3, 0.4) is 0 Å². The summed E-state index contributed by atoms with van der Waals surface area (Å²) in [4.78, 5) is 11.1. The summed E-state index contributed by atoms with van der Waals surface area (Å²) < 4.78 is 6.80. The van der Waals surface area contributed by atoms with E-state index in [1.807, 2.05) is 18.2 Å². The van der Waals surface area contributed by atoms with E-state index in [0.29, 0.717) is 17.5 Å². The molecule has 124 valence electrons. The lowest BCUT2D eigenvalue weighted by Gasteiger charge is -2.09. The molecule has 1 fully saturated rings. The Bertz CT molecular complexity index is 605. The second kappa shape index (κ2) is 9.72. The molecule has 1 saturated heterocycles. The Kier molecular flexibility index (Phi) is 7.61. The van der Waals surface area contributed by atoms with Crippen LogP contribution in [-0.4, -0.2) is 29.6 Å². The summed E-state index contributed by atoms with van der Waals surface area (Å²) in [6, 6.07) is 5.80. The Morgan fingerprint density at radius 2 is 2.26 bits per heavy atom. The number of hydrogen-bond donors (Lipinski definition) is 1. The number of benzene rings is 1. The number of amides is 1. The van der Waals surface area contributed by atoms with Gasteiger partial charge < -0.3 is 10.1 Å². The lowest BCUT2D eigenvalue weighted by atomic mass is 10.2. The molecule has 7 heteroatoms. The van der Waals surface area contributed by atoms with Crippen LogP contribution in [-0.2, 0) is 4.79 Å². The summed E-state index contributed by atoms with van der Waals surface area (Å²) in [5.41, 5.74) is 0.855. The Balaban J connectivity index is 1.96. The molecular formula is C16H20BrN3O2S. The van der Waals surface area contributed by atoms with Gasteiger partial charge in [-0.3, -0.25) is 4.79 Å². The zero-order valence-electron chi connectivity index (χ0n) is 13.0. The van der Waals surface area contributed by atoms with Gasteiger partial charge in [0.25, 0.3) is 0 Å². The second-order valence-corrected chi connectivity index (χ2v) is 6.96. The zero-order chi connectivity index (χ0) is 16.5. The number of carbonyl (C=O) groups is 1. The first-order valence-corrected chi connectivity index (χ1v) is 9.43. The maximum atomic E-state index is 11.1. The molecule has 23 heavy (non-hydrogen) atoms. The molecule has 1 aromatic rings. The lowest BCUT2D eigenvalue weighted by molar-refractivity contribution is -0.116. The summed E-state index contributed by atoms with van der Waals surface area (Å²) >= 11 is 4.80. The van der Waals surface area contributed by atoms with E-state index >= 15 is 0 Å².